The zero-order valence-electron chi connectivity index (χ0n) is 13.8. The van der Waals surface area contributed by atoms with Crippen molar-refractivity contribution < 1.29 is 9.53 Å². The van der Waals surface area contributed by atoms with Crippen molar-refractivity contribution in [3.8, 4) is 0 Å². The summed E-state index contributed by atoms with van der Waals surface area (Å²) in [5.41, 5.74) is 0.236. The predicted molar refractivity (Wildman–Crippen MR) is 93.5 cm³/mol. The molecule has 0 saturated carbocycles. The largest absolute Gasteiger partial charge is 0.378 e. The third kappa shape index (κ3) is 5.11. The van der Waals surface area contributed by atoms with Gasteiger partial charge in [-0.15, -0.1) is 10.2 Å². The van der Waals surface area contributed by atoms with Gasteiger partial charge in [-0.2, -0.15) is 0 Å². The molecule has 0 fully saturated rings. The highest BCUT2D eigenvalue weighted by molar-refractivity contribution is 8.00. The van der Waals surface area contributed by atoms with Crippen molar-refractivity contribution in [2.75, 3.05) is 12.4 Å². The molecule has 2 aromatic rings. The highest BCUT2D eigenvalue weighted by atomic mass is 32.2. The van der Waals surface area contributed by atoms with E-state index in [1.54, 1.807) is 6.92 Å². The minimum Gasteiger partial charge on any atom is -0.378 e. The monoisotopic (exact) mass is 369 g/mol. The minimum absolute atomic E-state index is 0.230. The van der Waals surface area contributed by atoms with Gasteiger partial charge in [0.2, 0.25) is 11.0 Å². The fourth-order valence-corrected chi connectivity index (χ4v) is 3.29. The molecule has 130 valence electrons. The van der Waals surface area contributed by atoms with Crippen LogP contribution in [0.25, 0.3) is 0 Å². The molecule has 0 spiro atoms. The third-order valence-corrected chi connectivity index (χ3v) is 5.01. The summed E-state index contributed by atoms with van der Waals surface area (Å²) in [6, 6.07) is 1.37. The first-order chi connectivity index (χ1) is 11.4. The molecule has 10 heteroatoms. The summed E-state index contributed by atoms with van der Waals surface area (Å²) in [6.07, 6.45) is 0. The molecule has 2 heterocycles. The van der Waals surface area contributed by atoms with Gasteiger partial charge in [0.15, 0.2) is 5.16 Å². The van der Waals surface area contributed by atoms with Crippen molar-refractivity contribution >= 4 is 34.1 Å². The summed E-state index contributed by atoms with van der Waals surface area (Å²) in [4.78, 5) is 30.7. The van der Waals surface area contributed by atoms with E-state index in [4.69, 9.17) is 4.74 Å². The molecule has 1 amide bonds. The molecule has 0 aliphatic carbocycles. The fourth-order valence-electron chi connectivity index (χ4n) is 1.71. The molecule has 2 rings (SSSR count). The number of rotatable bonds is 7. The van der Waals surface area contributed by atoms with E-state index in [0.717, 1.165) is 16.8 Å². The van der Waals surface area contributed by atoms with Crippen LogP contribution in [0.4, 0.5) is 5.13 Å². The predicted octanol–water partition coefficient (Wildman–Crippen LogP) is 2.01. The van der Waals surface area contributed by atoms with Crippen LogP contribution in [0.5, 0.6) is 0 Å². The van der Waals surface area contributed by atoms with Crippen LogP contribution in [0.3, 0.4) is 0 Å². The number of hydrogen-bond donors (Lipinski definition) is 2. The normalized spacial score (nSPS) is 12.4. The molecule has 0 aromatic carbocycles. The lowest BCUT2D eigenvalue weighted by Crippen LogP contribution is -2.23. The Morgan fingerprint density at radius 2 is 2.17 bits per heavy atom. The number of carbonyl (C=O) groups excluding carboxylic acids is 1. The van der Waals surface area contributed by atoms with Crippen molar-refractivity contribution in [1.29, 1.82) is 0 Å². The van der Waals surface area contributed by atoms with E-state index < -0.39 is 5.25 Å². The molecule has 1 unspecified atom stereocenters. The molecule has 8 nitrogen and oxygen atoms in total. The van der Waals surface area contributed by atoms with Gasteiger partial charge in [-0.1, -0.05) is 36.9 Å². The standard InChI is InChI=1S/C14H19N5O3S2/c1-7(2)12-18-19-14(24-12)17-11(21)8(3)23-13-15-9(6-22-4)5-10(20)16-13/h5,7-8H,6H2,1-4H3,(H,15,16,20)(H,17,19,21). The van der Waals surface area contributed by atoms with E-state index in [0.29, 0.717) is 16.0 Å². The average molecular weight is 369 g/mol. The lowest BCUT2D eigenvalue weighted by Gasteiger charge is -2.10. The highest BCUT2D eigenvalue weighted by Crippen LogP contribution is 2.24. The Morgan fingerprint density at radius 1 is 1.42 bits per heavy atom. The summed E-state index contributed by atoms with van der Waals surface area (Å²) in [7, 11) is 1.53. The molecule has 0 aliphatic rings. The maximum atomic E-state index is 12.3. The van der Waals surface area contributed by atoms with Crippen LogP contribution in [0.15, 0.2) is 16.0 Å². The van der Waals surface area contributed by atoms with E-state index in [1.165, 1.54) is 24.5 Å². The van der Waals surface area contributed by atoms with E-state index in [9.17, 15) is 9.59 Å². The van der Waals surface area contributed by atoms with Gasteiger partial charge in [0.05, 0.1) is 17.6 Å². The number of amides is 1. The number of H-pyrrole nitrogens is 1. The Hall–Kier alpha value is -1.78. The van der Waals surface area contributed by atoms with Gasteiger partial charge in [0.25, 0.3) is 5.56 Å². The van der Waals surface area contributed by atoms with Crippen molar-refractivity contribution in [2.45, 2.75) is 43.7 Å². The topological polar surface area (TPSA) is 110 Å². The van der Waals surface area contributed by atoms with Crippen LogP contribution in [-0.2, 0) is 16.1 Å². The Balaban J connectivity index is 2.01. The zero-order chi connectivity index (χ0) is 17.7. The first-order valence-electron chi connectivity index (χ1n) is 7.29. The SMILES string of the molecule is COCc1cc(=O)[nH]c(SC(C)C(=O)Nc2nnc(C(C)C)s2)n1. The summed E-state index contributed by atoms with van der Waals surface area (Å²) in [6.45, 7) is 5.99. The van der Waals surface area contributed by atoms with Crippen LogP contribution >= 0.6 is 23.1 Å². The van der Waals surface area contributed by atoms with Crippen LogP contribution in [0.1, 0.15) is 37.4 Å². The van der Waals surface area contributed by atoms with Crippen molar-refractivity contribution in [3.05, 3.63) is 27.1 Å². The maximum absolute atomic E-state index is 12.3. The van der Waals surface area contributed by atoms with Crippen molar-refractivity contribution in [2.24, 2.45) is 0 Å². The number of methoxy groups -OCH3 is 1. The number of carbonyl (C=O) groups is 1. The number of aromatic nitrogens is 4. The van der Waals surface area contributed by atoms with Gasteiger partial charge in [-0.05, 0) is 6.92 Å². The summed E-state index contributed by atoms with van der Waals surface area (Å²) < 4.78 is 4.97. The van der Waals surface area contributed by atoms with Gasteiger partial charge in [0, 0.05) is 19.1 Å². The highest BCUT2D eigenvalue weighted by Gasteiger charge is 2.18. The molecule has 0 radical (unpaired) electrons. The van der Waals surface area contributed by atoms with E-state index in [1.807, 2.05) is 13.8 Å². The van der Waals surface area contributed by atoms with E-state index in [-0.39, 0.29) is 24.0 Å². The lowest BCUT2D eigenvalue weighted by molar-refractivity contribution is -0.115. The fraction of sp³-hybridized carbons (Fsp3) is 0.500. The molecule has 1 atom stereocenters. The van der Waals surface area contributed by atoms with Gasteiger partial charge < -0.3 is 9.72 Å². The van der Waals surface area contributed by atoms with Crippen molar-refractivity contribution in [1.82, 2.24) is 20.2 Å². The quantitative estimate of drug-likeness (QED) is 0.567. The Labute approximate surface area is 147 Å². The molecule has 2 aromatic heterocycles. The van der Waals surface area contributed by atoms with Crippen LogP contribution in [0.2, 0.25) is 0 Å². The number of hydrogen-bond acceptors (Lipinski definition) is 8. The first-order valence-corrected chi connectivity index (χ1v) is 8.98. The van der Waals surface area contributed by atoms with Crippen LogP contribution in [0, 0.1) is 0 Å². The Kier molecular flexibility index (Phi) is 6.46. The lowest BCUT2D eigenvalue weighted by atomic mass is 10.2. The van der Waals surface area contributed by atoms with Gasteiger partial charge >= 0.3 is 0 Å². The Morgan fingerprint density at radius 3 is 2.79 bits per heavy atom. The first kappa shape index (κ1) is 18.6. The summed E-state index contributed by atoms with van der Waals surface area (Å²) >= 11 is 2.51. The third-order valence-electron chi connectivity index (χ3n) is 2.89. The number of anilines is 1. The molecular weight excluding hydrogens is 350 g/mol. The summed E-state index contributed by atoms with van der Waals surface area (Å²) in [5.74, 6) is 0.0315. The second kappa shape index (κ2) is 8.36. The molecule has 0 aliphatic heterocycles. The van der Waals surface area contributed by atoms with Gasteiger partial charge in [-0.25, -0.2) is 4.98 Å². The van der Waals surface area contributed by atoms with E-state index >= 15 is 0 Å². The van der Waals surface area contributed by atoms with Crippen LogP contribution < -0.4 is 10.9 Å². The average Bonchev–Trinajstić information content (AvgIpc) is 2.95. The maximum Gasteiger partial charge on any atom is 0.251 e. The molecule has 24 heavy (non-hydrogen) atoms. The molecule has 0 bridgehead atoms. The molecule has 0 saturated heterocycles. The smallest absolute Gasteiger partial charge is 0.251 e. The number of aromatic amines is 1. The summed E-state index contributed by atoms with van der Waals surface area (Å²) in [5, 5.41) is 12.0. The molecular formula is C14H19N5O3S2. The second-order valence-corrected chi connectivity index (χ2v) is 7.66. The number of thioether (sulfide) groups is 1. The number of nitrogens with zero attached hydrogens (tertiary/aromatic N) is 3. The van der Waals surface area contributed by atoms with Crippen LogP contribution in [-0.4, -0.2) is 38.4 Å². The van der Waals surface area contributed by atoms with Gasteiger partial charge in [-0.3, -0.25) is 14.9 Å². The van der Waals surface area contributed by atoms with Gasteiger partial charge in [0.1, 0.15) is 5.01 Å². The van der Waals surface area contributed by atoms with Crippen molar-refractivity contribution in [3.63, 3.8) is 0 Å². The minimum atomic E-state index is -0.461. The second-order valence-electron chi connectivity index (χ2n) is 5.32. The molecule has 2 N–H and O–H groups in total. The number of nitrogens with one attached hydrogen (secondary N) is 2. The number of ether oxygens (including phenoxy) is 1. The van der Waals surface area contributed by atoms with E-state index in [2.05, 4.69) is 25.5 Å². The Bertz CT molecular complexity index is 759. The zero-order valence-corrected chi connectivity index (χ0v) is 15.5.